The van der Waals surface area contributed by atoms with Gasteiger partial charge in [0.2, 0.25) is 0 Å². The summed E-state index contributed by atoms with van der Waals surface area (Å²) in [7, 11) is 0. The van der Waals surface area contributed by atoms with Crippen molar-refractivity contribution in [2.24, 2.45) is 5.73 Å². The minimum Gasteiger partial charge on any atom is -0.324 e. The van der Waals surface area contributed by atoms with Crippen LogP contribution in [0.2, 0.25) is 0 Å². The zero-order chi connectivity index (χ0) is 60.1. The number of hydrogen-bond acceptors (Lipinski definition) is 1. The maximum absolute atomic E-state index is 6.81. The van der Waals surface area contributed by atoms with Crippen LogP contribution in [0.5, 0.6) is 0 Å². The maximum atomic E-state index is 6.81. The van der Waals surface area contributed by atoms with Gasteiger partial charge in [0.05, 0.1) is 33.1 Å². The van der Waals surface area contributed by atoms with Gasteiger partial charge in [-0.3, -0.25) is 0 Å². The fourth-order valence-electron chi connectivity index (χ4n) is 15.9. The third kappa shape index (κ3) is 7.84. The molecular weight excluding hydrogens is 1090 g/mol. The van der Waals surface area contributed by atoms with E-state index in [0.29, 0.717) is 0 Å². The third-order valence-electron chi connectivity index (χ3n) is 20.5. The minimum absolute atomic E-state index is 0.0888. The molecule has 0 amide bonds. The van der Waals surface area contributed by atoms with E-state index in [4.69, 9.17) is 5.73 Å². The highest BCUT2D eigenvalue weighted by Crippen LogP contribution is 2.52. The molecule has 4 heteroatoms. The van der Waals surface area contributed by atoms with E-state index in [9.17, 15) is 0 Å². The fourth-order valence-corrected chi connectivity index (χ4v) is 15.9. The molecule has 2 aliphatic rings. The number of fused-ring (bicyclic) bond motifs is 15. The molecule has 3 heterocycles. The number of nitrogens with two attached hydrogens (primary N) is 1. The first-order valence-electron chi connectivity index (χ1n) is 31.7. The Bertz CT molecular complexity index is 5370. The smallest absolute Gasteiger partial charge is 0.0541 e. The molecule has 2 aliphatic carbocycles. The number of benzene rings is 13. The Hall–Kier alpha value is -10.8. The monoisotopic (exact) mass is 1150 g/mol. The van der Waals surface area contributed by atoms with Gasteiger partial charge in [-0.1, -0.05) is 216 Å². The number of nitrogens with zero attached hydrogens (tertiary/aromatic N) is 3. The molecule has 1 unspecified atom stereocenters. The van der Waals surface area contributed by atoms with Gasteiger partial charge in [0.25, 0.3) is 0 Å². The predicted octanol–water partition coefficient (Wildman–Crippen LogP) is 21.8. The Morgan fingerprint density at radius 3 is 1.12 bits per heavy atom. The third-order valence-corrected chi connectivity index (χ3v) is 20.5. The van der Waals surface area contributed by atoms with Crippen molar-refractivity contribution in [1.29, 1.82) is 0 Å². The molecule has 0 saturated heterocycles. The Balaban J connectivity index is 0.771. The van der Waals surface area contributed by atoms with Crippen LogP contribution in [-0.4, -0.2) is 13.7 Å². The summed E-state index contributed by atoms with van der Waals surface area (Å²) in [5.74, 6) is 0. The Labute approximate surface area is 524 Å². The van der Waals surface area contributed by atoms with Gasteiger partial charge in [-0.05, 0) is 192 Å². The Morgan fingerprint density at radius 2 is 0.644 bits per heavy atom. The first-order chi connectivity index (χ1) is 44.0. The molecule has 428 valence electrons. The second-order valence-corrected chi connectivity index (χ2v) is 26.2. The van der Waals surface area contributed by atoms with Crippen molar-refractivity contribution >= 4 is 65.4 Å². The van der Waals surface area contributed by atoms with E-state index in [2.05, 4.69) is 327 Å². The summed E-state index contributed by atoms with van der Waals surface area (Å²) in [6.45, 7) is 9.47. The second kappa shape index (κ2) is 19.6. The highest BCUT2D eigenvalue weighted by Gasteiger charge is 2.37. The lowest BCUT2D eigenvalue weighted by Crippen LogP contribution is -2.15. The van der Waals surface area contributed by atoms with Crippen LogP contribution in [0.15, 0.2) is 285 Å². The van der Waals surface area contributed by atoms with Crippen LogP contribution in [0, 0.1) is 0 Å². The van der Waals surface area contributed by atoms with Gasteiger partial charge in [0.1, 0.15) is 0 Å². The average Bonchev–Trinajstić information content (AvgIpc) is 1.60. The molecule has 2 N–H and O–H groups in total. The van der Waals surface area contributed by atoms with Gasteiger partial charge in [0, 0.05) is 66.3 Å². The lowest BCUT2D eigenvalue weighted by atomic mass is 9.82. The molecule has 0 aliphatic heterocycles. The molecule has 0 bridgehead atoms. The number of para-hydroxylation sites is 2. The van der Waals surface area contributed by atoms with Gasteiger partial charge in [-0.25, -0.2) is 0 Å². The predicted molar refractivity (Wildman–Crippen MR) is 378 cm³/mol. The topological polar surface area (TPSA) is 40.8 Å². The summed E-state index contributed by atoms with van der Waals surface area (Å²) in [4.78, 5) is 0. The van der Waals surface area contributed by atoms with E-state index < -0.39 is 0 Å². The molecule has 0 saturated carbocycles. The molecule has 18 rings (SSSR count). The van der Waals surface area contributed by atoms with Crippen LogP contribution in [0.3, 0.4) is 0 Å². The van der Waals surface area contributed by atoms with Gasteiger partial charge in [0.15, 0.2) is 0 Å². The molecular formula is C86H64N4. The van der Waals surface area contributed by atoms with E-state index in [1.165, 1.54) is 138 Å². The fraction of sp³-hybridized carbons (Fsp3) is 0.0930. The lowest BCUT2D eigenvalue weighted by Gasteiger charge is -2.22. The van der Waals surface area contributed by atoms with Crippen LogP contribution in [0.4, 0.5) is 0 Å². The molecule has 4 nitrogen and oxygen atoms in total. The van der Waals surface area contributed by atoms with Gasteiger partial charge >= 0.3 is 0 Å². The van der Waals surface area contributed by atoms with E-state index in [-0.39, 0.29) is 16.9 Å². The molecule has 1 atom stereocenters. The Kier molecular flexibility index (Phi) is 11.4. The van der Waals surface area contributed by atoms with E-state index in [0.717, 1.165) is 39.8 Å². The van der Waals surface area contributed by atoms with E-state index >= 15 is 0 Å². The SMILES string of the molecule is CC1(C)c2ccccc2-c2ccc(-n3c4ccccc4c4cc(-c5ccc6c(c5)c5cc(-c7ccc8c(c7)c7ccccc7n8-c7ccc8c(c7)C(C)(C)c7ccccc7-8)ccc5n6-c5cccc(-c6ccc(C(N)Cc7ccccc7)cc6)c5)ccc43)cc21. The molecule has 16 aromatic rings. The van der Waals surface area contributed by atoms with Crippen LogP contribution in [0.1, 0.15) is 67.1 Å². The zero-order valence-corrected chi connectivity index (χ0v) is 50.8. The molecule has 90 heavy (non-hydrogen) atoms. The highest BCUT2D eigenvalue weighted by atomic mass is 15.0. The normalized spacial score (nSPS) is 14.0. The van der Waals surface area contributed by atoms with Crippen molar-refractivity contribution in [1.82, 2.24) is 13.7 Å². The van der Waals surface area contributed by atoms with Crippen molar-refractivity contribution in [2.75, 3.05) is 0 Å². The first-order valence-corrected chi connectivity index (χ1v) is 31.7. The van der Waals surface area contributed by atoms with Crippen molar-refractivity contribution in [3.05, 3.63) is 318 Å². The van der Waals surface area contributed by atoms with Crippen LogP contribution in [-0.2, 0) is 17.3 Å². The second-order valence-electron chi connectivity index (χ2n) is 26.2. The standard InChI is InChI=1S/C86H64N4/c1-85(2)74-25-12-8-21-64(74)66-39-37-62(51-76(66)85)89-79-27-14-10-23-68(79)70-47-57(33-41-81(70)89)59-35-43-83-72(49-59)73-50-60(36-44-84(73)88(83)61-20-16-19-56(46-61)54-29-31-55(32-30-54)78(87)45-53-17-6-5-7-18-53)58-34-42-82-71(48-58)69-24-11-15-28-80(69)90(82)63-38-40-67-65-22-9-13-26-75(65)86(3,4)77(67)52-63/h5-44,46-52,78H,45,87H2,1-4H3. The van der Waals surface area contributed by atoms with E-state index in [1.807, 2.05) is 0 Å². The van der Waals surface area contributed by atoms with Gasteiger partial charge in [-0.15, -0.1) is 0 Å². The highest BCUT2D eigenvalue weighted by molar-refractivity contribution is 6.15. The summed E-state index contributed by atoms with van der Waals surface area (Å²) < 4.78 is 7.40. The van der Waals surface area contributed by atoms with Crippen molar-refractivity contribution in [3.63, 3.8) is 0 Å². The molecule has 0 spiro atoms. The lowest BCUT2D eigenvalue weighted by molar-refractivity contribution is 0.660. The quantitative estimate of drug-likeness (QED) is 0.154. The van der Waals surface area contributed by atoms with E-state index in [1.54, 1.807) is 0 Å². The summed E-state index contributed by atoms with van der Waals surface area (Å²) >= 11 is 0. The minimum atomic E-state index is -0.103. The van der Waals surface area contributed by atoms with Crippen molar-refractivity contribution < 1.29 is 0 Å². The number of aromatic nitrogens is 3. The molecule has 0 fully saturated rings. The van der Waals surface area contributed by atoms with Crippen LogP contribution >= 0.6 is 0 Å². The number of rotatable bonds is 9. The van der Waals surface area contributed by atoms with Gasteiger partial charge < -0.3 is 19.4 Å². The zero-order valence-electron chi connectivity index (χ0n) is 50.8. The van der Waals surface area contributed by atoms with Crippen molar-refractivity contribution in [3.8, 4) is 72.7 Å². The summed E-state index contributed by atoms with van der Waals surface area (Å²) in [5, 5.41) is 7.37. The summed E-state index contributed by atoms with van der Waals surface area (Å²) in [6, 6.07) is 107. The van der Waals surface area contributed by atoms with Crippen LogP contribution in [0.25, 0.3) is 138 Å². The average molecular weight is 1150 g/mol. The summed E-state index contributed by atoms with van der Waals surface area (Å²) in [5.41, 5.74) is 37.4. The van der Waals surface area contributed by atoms with Crippen LogP contribution < -0.4 is 5.73 Å². The largest absolute Gasteiger partial charge is 0.324 e. The maximum Gasteiger partial charge on any atom is 0.0541 e. The molecule has 13 aromatic carbocycles. The molecule has 0 radical (unpaired) electrons. The number of hydrogen-bond donors (Lipinski definition) is 1. The van der Waals surface area contributed by atoms with Gasteiger partial charge in [-0.2, -0.15) is 0 Å². The Morgan fingerprint density at radius 1 is 0.278 bits per heavy atom. The van der Waals surface area contributed by atoms with Crippen molar-refractivity contribution in [2.45, 2.75) is 51.0 Å². The molecule has 3 aromatic heterocycles. The summed E-state index contributed by atoms with van der Waals surface area (Å²) in [6.07, 6.45) is 0.792. The first kappa shape index (κ1) is 52.4.